The number of nitrogens with one attached hydrogen (secondary N) is 1. The van der Waals surface area contributed by atoms with Gasteiger partial charge in [0.15, 0.2) is 11.2 Å². The lowest BCUT2D eigenvalue weighted by Gasteiger charge is -2.16. The molecule has 1 N–H and O–H groups in total. The molecule has 8 nitrogen and oxygen atoms in total. The second-order valence-electron chi connectivity index (χ2n) is 8.31. The Morgan fingerprint density at radius 1 is 0.895 bits per heavy atom. The lowest BCUT2D eigenvalue weighted by molar-refractivity contribution is 0.449. The van der Waals surface area contributed by atoms with E-state index < -0.39 is 24.1 Å². The summed E-state index contributed by atoms with van der Waals surface area (Å²) in [5.74, 6) is -1.98. The van der Waals surface area contributed by atoms with Gasteiger partial charge in [-0.1, -0.05) is 12.1 Å². The molecule has 5 rings (SSSR count). The average Bonchev–Trinajstić information content (AvgIpc) is 3.31. The molecule has 12 heteroatoms. The number of pyridine rings is 1. The van der Waals surface area contributed by atoms with E-state index in [0.29, 0.717) is 17.1 Å². The first kappa shape index (κ1) is 24.9. The van der Waals surface area contributed by atoms with E-state index in [1.54, 1.807) is 45.5 Å². The van der Waals surface area contributed by atoms with Gasteiger partial charge in [0.1, 0.15) is 17.3 Å². The molecule has 194 valence electrons. The van der Waals surface area contributed by atoms with Crippen molar-refractivity contribution < 1.29 is 22.3 Å². The van der Waals surface area contributed by atoms with Gasteiger partial charge in [-0.05, 0) is 48.4 Å². The number of hydrogen-bond acceptors (Lipinski definition) is 6. The highest BCUT2D eigenvalue weighted by Crippen LogP contribution is 2.26. The van der Waals surface area contributed by atoms with Gasteiger partial charge in [0, 0.05) is 24.4 Å². The number of aryl methyl sites for hydroxylation is 1. The van der Waals surface area contributed by atoms with E-state index in [0.717, 1.165) is 17.7 Å². The minimum Gasteiger partial charge on any atom is -0.457 e. The van der Waals surface area contributed by atoms with Gasteiger partial charge < -0.3 is 14.6 Å². The van der Waals surface area contributed by atoms with Crippen LogP contribution < -0.4 is 15.6 Å². The number of halogens is 4. The van der Waals surface area contributed by atoms with Crippen LogP contribution in [0.5, 0.6) is 11.5 Å². The molecule has 0 fully saturated rings. The van der Waals surface area contributed by atoms with Crippen molar-refractivity contribution in [3.63, 3.8) is 0 Å². The highest BCUT2D eigenvalue weighted by molar-refractivity contribution is 5.73. The average molecular weight is 524 g/mol. The normalized spacial score (nSPS) is 11.2. The van der Waals surface area contributed by atoms with Crippen LogP contribution in [0.1, 0.15) is 12.0 Å². The van der Waals surface area contributed by atoms with Crippen LogP contribution in [-0.2, 0) is 13.1 Å². The van der Waals surface area contributed by atoms with Crippen LogP contribution in [0.3, 0.4) is 0 Å². The molecule has 3 aromatic heterocycles. The molecule has 0 radical (unpaired) electrons. The van der Waals surface area contributed by atoms with Gasteiger partial charge in [-0.25, -0.2) is 9.37 Å². The van der Waals surface area contributed by atoms with Crippen LogP contribution in [0.25, 0.3) is 11.2 Å². The Hall–Kier alpha value is -4.74. The molecule has 0 bridgehead atoms. The Morgan fingerprint density at radius 2 is 1.61 bits per heavy atom. The van der Waals surface area contributed by atoms with Crippen molar-refractivity contribution >= 4 is 22.8 Å². The van der Waals surface area contributed by atoms with Gasteiger partial charge in [0.25, 0.3) is 0 Å². The fraction of sp³-hybridized carbons (Fsp3) is 0.154. The number of fused-ring (bicyclic) bond motifs is 1. The number of anilines is 2. The first-order valence-corrected chi connectivity index (χ1v) is 11.5. The van der Waals surface area contributed by atoms with Crippen molar-refractivity contribution in [2.24, 2.45) is 0 Å². The predicted molar refractivity (Wildman–Crippen MR) is 132 cm³/mol. The van der Waals surface area contributed by atoms with E-state index in [9.17, 15) is 22.4 Å². The van der Waals surface area contributed by atoms with Gasteiger partial charge in [0.2, 0.25) is 17.8 Å². The molecule has 0 saturated heterocycles. The lowest BCUT2D eigenvalue weighted by Crippen LogP contribution is -2.20. The third-order valence-corrected chi connectivity index (χ3v) is 5.61. The summed E-state index contributed by atoms with van der Waals surface area (Å²) < 4.78 is 61.6. The van der Waals surface area contributed by atoms with Gasteiger partial charge in [0.05, 0.1) is 19.5 Å². The fourth-order valence-corrected chi connectivity index (χ4v) is 3.89. The first-order valence-electron chi connectivity index (χ1n) is 11.5. The van der Waals surface area contributed by atoms with Crippen LogP contribution in [0, 0.1) is 17.7 Å². The highest BCUT2D eigenvalue weighted by Gasteiger charge is 2.17. The van der Waals surface area contributed by atoms with Crippen molar-refractivity contribution in [3.8, 4) is 11.5 Å². The zero-order valence-corrected chi connectivity index (χ0v) is 19.7. The van der Waals surface area contributed by atoms with E-state index in [4.69, 9.17) is 4.74 Å². The van der Waals surface area contributed by atoms with Crippen LogP contribution in [-0.4, -0.2) is 30.8 Å². The van der Waals surface area contributed by atoms with E-state index in [1.807, 2.05) is 0 Å². The summed E-state index contributed by atoms with van der Waals surface area (Å²) in [6.07, 6.45) is 1.68. The zero-order chi connectivity index (χ0) is 26.6. The maximum absolute atomic E-state index is 13.5. The van der Waals surface area contributed by atoms with Crippen molar-refractivity contribution in [2.75, 3.05) is 12.0 Å². The second-order valence-corrected chi connectivity index (χ2v) is 8.31. The van der Waals surface area contributed by atoms with Gasteiger partial charge >= 0.3 is 5.56 Å². The molecule has 0 atom stereocenters. The summed E-state index contributed by atoms with van der Waals surface area (Å²) in [6, 6.07) is 14.2. The predicted octanol–water partition coefficient (Wildman–Crippen LogP) is 5.35. The molecule has 38 heavy (non-hydrogen) atoms. The van der Waals surface area contributed by atoms with Crippen LogP contribution in [0.15, 0.2) is 71.8 Å². The highest BCUT2D eigenvalue weighted by atomic mass is 19.1. The van der Waals surface area contributed by atoms with Gasteiger partial charge in [-0.15, -0.1) is 0 Å². The van der Waals surface area contributed by atoms with E-state index in [2.05, 4.69) is 20.3 Å². The maximum Gasteiger partial charge on any atom is 0.300 e. The fourth-order valence-electron chi connectivity index (χ4n) is 3.89. The SMILES string of the molecule is O=c1nc(Nc2ccc(Oc3cc(F)nc(F)c3)cc2)n(Cc2ccc(F)cc2)c2ncn(CCCF)c12. The summed E-state index contributed by atoms with van der Waals surface area (Å²) in [4.78, 5) is 24.6. The molecule has 0 unspecified atom stereocenters. The minimum atomic E-state index is -1.01. The number of benzene rings is 2. The molecule has 5 aromatic rings. The summed E-state index contributed by atoms with van der Waals surface area (Å²) in [6.45, 7) is -0.0614. The van der Waals surface area contributed by atoms with Crippen molar-refractivity contribution in [1.82, 2.24) is 24.1 Å². The number of hydrogen-bond donors (Lipinski definition) is 1. The summed E-state index contributed by atoms with van der Waals surface area (Å²) in [5, 5.41) is 3.08. The summed E-state index contributed by atoms with van der Waals surface area (Å²) in [5.41, 5.74) is 1.28. The van der Waals surface area contributed by atoms with Gasteiger partial charge in [-0.3, -0.25) is 13.8 Å². The number of ether oxygens (including phenoxy) is 1. The van der Waals surface area contributed by atoms with Crippen LogP contribution in [0.4, 0.5) is 29.2 Å². The first-order chi connectivity index (χ1) is 18.4. The number of aromatic nitrogens is 5. The molecule has 0 aliphatic rings. The Labute approximate surface area is 213 Å². The largest absolute Gasteiger partial charge is 0.457 e. The molecular formula is C26H20F4N6O2. The molecule has 0 saturated carbocycles. The van der Waals surface area contributed by atoms with Crippen molar-refractivity contribution in [1.29, 1.82) is 0 Å². The molecule has 0 aliphatic carbocycles. The number of rotatable bonds is 9. The van der Waals surface area contributed by atoms with Crippen molar-refractivity contribution in [2.45, 2.75) is 19.5 Å². The lowest BCUT2D eigenvalue weighted by atomic mass is 10.2. The van der Waals surface area contributed by atoms with E-state index in [1.165, 1.54) is 18.5 Å². The van der Waals surface area contributed by atoms with Crippen LogP contribution in [0.2, 0.25) is 0 Å². The zero-order valence-electron chi connectivity index (χ0n) is 19.7. The number of nitrogens with zero attached hydrogens (tertiary/aromatic N) is 5. The molecule has 3 heterocycles. The second kappa shape index (κ2) is 10.7. The number of alkyl halides is 1. The van der Waals surface area contributed by atoms with Gasteiger partial charge in [-0.2, -0.15) is 18.7 Å². The minimum absolute atomic E-state index is 0.0562. The standard InChI is InChI=1S/C26H20F4N6O2/c27-10-1-11-35-15-31-24-23(35)25(37)34-26(36(24)14-16-2-4-17(28)5-3-16)32-18-6-8-19(9-7-18)38-20-12-21(29)33-22(30)13-20/h2-9,12-13,15H,1,10-11,14H2,(H,32,34,37). The smallest absolute Gasteiger partial charge is 0.300 e. The monoisotopic (exact) mass is 524 g/mol. The van der Waals surface area contributed by atoms with Crippen LogP contribution >= 0.6 is 0 Å². The van der Waals surface area contributed by atoms with E-state index >= 15 is 0 Å². The molecule has 2 aromatic carbocycles. The Balaban J connectivity index is 1.47. The van der Waals surface area contributed by atoms with E-state index in [-0.39, 0.29) is 42.5 Å². The summed E-state index contributed by atoms with van der Waals surface area (Å²) in [7, 11) is 0. The Bertz CT molecular complexity index is 1620. The quantitative estimate of drug-likeness (QED) is 0.207. The molecule has 0 spiro atoms. The Morgan fingerprint density at radius 3 is 2.29 bits per heavy atom. The third kappa shape index (κ3) is 5.48. The molecular weight excluding hydrogens is 504 g/mol. The third-order valence-electron chi connectivity index (χ3n) is 5.61. The maximum atomic E-state index is 13.5. The Kier molecular flexibility index (Phi) is 7.03. The topological polar surface area (TPSA) is 86.9 Å². The molecule has 0 amide bonds. The summed E-state index contributed by atoms with van der Waals surface area (Å²) >= 11 is 0. The van der Waals surface area contributed by atoms with Crippen molar-refractivity contribution in [3.05, 3.63) is 101 Å². The molecule has 0 aliphatic heterocycles. The number of imidazole rings is 1.